The van der Waals surface area contributed by atoms with Gasteiger partial charge in [-0.25, -0.2) is 5.90 Å². The predicted octanol–water partition coefficient (Wildman–Crippen LogP) is 1.89. The third kappa shape index (κ3) is 2.78. The number of carbonyl (C=O) groups excluding carboxylic acids is 1. The van der Waals surface area contributed by atoms with E-state index >= 15 is 0 Å². The molecule has 2 N–H and O–H groups in total. The molecule has 0 fully saturated rings. The maximum absolute atomic E-state index is 11.6. The molecule has 1 aliphatic rings. The standard InChI is InChI=1S/C14H18N2O2/c1-16-13-7-5-11(4-2-3-9-18-15)10-12(13)6-8-14(16)17/h2,4-5,7,10H,3,6,8-9,15H2,1H3/b4-2+. The number of anilines is 1. The summed E-state index contributed by atoms with van der Waals surface area (Å²) >= 11 is 0. The van der Waals surface area contributed by atoms with Gasteiger partial charge in [0.1, 0.15) is 0 Å². The molecule has 2 rings (SSSR count). The largest absolute Gasteiger partial charge is 0.315 e. The van der Waals surface area contributed by atoms with Gasteiger partial charge in [-0.3, -0.25) is 4.79 Å². The van der Waals surface area contributed by atoms with Crippen molar-refractivity contribution in [2.75, 3.05) is 18.6 Å². The van der Waals surface area contributed by atoms with Crippen molar-refractivity contribution in [2.24, 2.45) is 5.90 Å². The van der Waals surface area contributed by atoms with Gasteiger partial charge in [-0.2, -0.15) is 0 Å². The van der Waals surface area contributed by atoms with Crippen LogP contribution in [-0.2, 0) is 16.1 Å². The van der Waals surface area contributed by atoms with E-state index in [4.69, 9.17) is 5.90 Å². The molecule has 18 heavy (non-hydrogen) atoms. The molecule has 0 unspecified atom stereocenters. The highest BCUT2D eigenvalue weighted by molar-refractivity contribution is 5.96. The number of nitrogens with two attached hydrogens (primary N) is 1. The SMILES string of the molecule is CN1C(=O)CCc2cc(/C=C/CCON)ccc21. The van der Waals surface area contributed by atoms with E-state index in [0.717, 1.165) is 24.1 Å². The molecule has 0 atom stereocenters. The number of carbonyl (C=O) groups is 1. The van der Waals surface area contributed by atoms with Gasteiger partial charge in [0.25, 0.3) is 0 Å². The van der Waals surface area contributed by atoms with Crippen molar-refractivity contribution < 1.29 is 9.63 Å². The molecule has 96 valence electrons. The Labute approximate surface area is 107 Å². The third-order valence-electron chi connectivity index (χ3n) is 3.16. The van der Waals surface area contributed by atoms with E-state index in [1.54, 1.807) is 4.90 Å². The van der Waals surface area contributed by atoms with Crippen LogP contribution in [0.2, 0.25) is 0 Å². The second-order valence-electron chi connectivity index (χ2n) is 4.40. The zero-order chi connectivity index (χ0) is 13.0. The lowest BCUT2D eigenvalue weighted by Crippen LogP contribution is -2.30. The Kier molecular flexibility index (Phi) is 4.12. The average molecular weight is 246 g/mol. The predicted molar refractivity (Wildman–Crippen MR) is 72.0 cm³/mol. The molecule has 1 aromatic rings. The van der Waals surface area contributed by atoms with Gasteiger partial charge in [-0.1, -0.05) is 18.2 Å². The smallest absolute Gasteiger partial charge is 0.227 e. The van der Waals surface area contributed by atoms with E-state index in [2.05, 4.69) is 17.0 Å². The summed E-state index contributed by atoms with van der Waals surface area (Å²) in [6, 6.07) is 6.16. The summed E-state index contributed by atoms with van der Waals surface area (Å²) in [5, 5.41) is 0. The fourth-order valence-corrected chi connectivity index (χ4v) is 2.14. The lowest BCUT2D eigenvalue weighted by atomic mass is 9.99. The van der Waals surface area contributed by atoms with Crippen molar-refractivity contribution in [2.45, 2.75) is 19.3 Å². The number of nitrogens with zero attached hydrogens (tertiary/aromatic N) is 1. The molecule has 1 amide bonds. The van der Waals surface area contributed by atoms with Crippen molar-refractivity contribution >= 4 is 17.7 Å². The van der Waals surface area contributed by atoms with Gasteiger partial charge in [0.2, 0.25) is 5.91 Å². The Morgan fingerprint density at radius 3 is 3.06 bits per heavy atom. The summed E-state index contributed by atoms with van der Waals surface area (Å²) < 4.78 is 0. The topological polar surface area (TPSA) is 55.6 Å². The molecular formula is C14H18N2O2. The summed E-state index contributed by atoms with van der Waals surface area (Å²) in [7, 11) is 1.83. The number of amides is 1. The van der Waals surface area contributed by atoms with Crippen LogP contribution >= 0.6 is 0 Å². The molecule has 0 saturated carbocycles. The monoisotopic (exact) mass is 246 g/mol. The minimum Gasteiger partial charge on any atom is -0.315 e. The van der Waals surface area contributed by atoms with Crippen LogP contribution in [0.3, 0.4) is 0 Å². The summed E-state index contributed by atoms with van der Waals surface area (Å²) in [5.41, 5.74) is 3.40. The number of benzene rings is 1. The third-order valence-corrected chi connectivity index (χ3v) is 3.16. The first-order valence-corrected chi connectivity index (χ1v) is 6.10. The molecule has 0 aromatic heterocycles. The fraction of sp³-hybridized carbons (Fsp3) is 0.357. The first kappa shape index (κ1) is 12.8. The summed E-state index contributed by atoms with van der Waals surface area (Å²) in [5.74, 6) is 5.14. The highest BCUT2D eigenvalue weighted by atomic mass is 16.6. The molecule has 4 heteroatoms. The van der Waals surface area contributed by atoms with Crippen LogP contribution in [0.4, 0.5) is 5.69 Å². The number of aryl methyl sites for hydroxylation is 1. The number of hydrogen-bond acceptors (Lipinski definition) is 3. The Bertz CT molecular complexity index is 469. The molecule has 1 aliphatic heterocycles. The van der Waals surface area contributed by atoms with Crippen molar-refractivity contribution in [3.8, 4) is 0 Å². The first-order chi connectivity index (χ1) is 8.72. The number of hydrogen-bond donors (Lipinski definition) is 1. The minimum atomic E-state index is 0.186. The molecule has 0 bridgehead atoms. The van der Waals surface area contributed by atoms with Crippen LogP contribution in [0.5, 0.6) is 0 Å². The highest BCUT2D eigenvalue weighted by Gasteiger charge is 2.20. The van der Waals surface area contributed by atoms with Gasteiger partial charge in [-0.05, 0) is 36.1 Å². The van der Waals surface area contributed by atoms with E-state index in [9.17, 15) is 4.79 Å². The van der Waals surface area contributed by atoms with Crippen LogP contribution in [0.25, 0.3) is 6.08 Å². The van der Waals surface area contributed by atoms with Gasteiger partial charge in [0, 0.05) is 19.2 Å². The highest BCUT2D eigenvalue weighted by Crippen LogP contribution is 2.27. The molecular weight excluding hydrogens is 228 g/mol. The van der Waals surface area contributed by atoms with Crippen LogP contribution in [0, 0.1) is 0 Å². The van der Waals surface area contributed by atoms with Gasteiger partial charge < -0.3 is 9.74 Å². The Hall–Kier alpha value is -1.65. The maximum Gasteiger partial charge on any atom is 0.227 e. The lowest BCUT2D eigenvalue weighted by Gasteiger charge is -2.25. The Balaban J connectivity index is 2.13. The van der Waals surface area contributed by atoms with Crippen LogP contribution in [0.1, 0.15) is 24.0 Å². The van der Waals surface area contributed by atoms with Gasteiger partial charge in [-0.15, -0.1) is 0 Å². The van der Waals surface area contributed by atoms with Gasteiger partial charge in [0.05, 0.1) is 6.61 Å². The van der Waals surface area contributed by atoms with Crippen LogP contribution in [0.15, 0.2) is 24.3 Å². The van der Waals surface area contributed by atoms with Crippen LogP contribution in [-0.4, -0.2) is 19.6 Å². The molecule has 1 aromatic carbocycles. The molecule has 4 nitrogen and oxygen atoms in total. The second kappa shape index (κ2) is 5.80. The van der Waals surface area contributed by atoms with E-state index < -0.39 is 0 Å². The van der Waals surface area contributed by atoms with Crippen molar-refractivity contribution in [3.05, 3.63) is 35.4 Å². The molecule has 1 heterocycles. The van der Waals surface area contributed by atoms with E-state index in [0.29, 0.717) is 13.0 Å². The van der Waals surface area contributed by atoms with E-state index in [1.165, 1.54) is 5.56 Å². The lowest BCUT2D eigenvalue weighted by molar-refractivity contribution is -0.118. The first-order valence-electron chi connectivity index (χ1n) is 6.10. The van der Waals surface area contributed by atoms with Crippen LogP contribution < -0.4 is 10.8 Å². The summed E-state index contributed by atoms with van der Waals surface area (Å²) in [4.78, 5) is 17.8. The summed E-state index contributed by atoms with van der Waals surface area (Å²) in [6.45, 7) is 0.526. The molecule has 0 radical (unpaired) electrons. The van der Waals surface area contributed by atoms with E-state index in [-0.39, 0.29) is 5.91 Å². The van der Waals surface area contributed by atoms with Crippen molar-refractivity contribution in [1.82, 2.24) is 0 Å². The quantitative estimate of drug-likeness (QED) is 0.652. The average Bonchev–Trinajstić information content (AvgIpc) is 2.39. The van der Waals surface area contributed by atoms with Crippen molar-refractivity contribution in [1.29, 1.82) is 0 Å². The fourth-order valence-electron chi connectivity index (χ4n) is 2.14. The van der Waals surface area contributed by atoms with Gasteiger partial charge in [0.15, 0.2) is 0 Å². The summed E-state index contributed by atoms with van der Waals surface area (Å²) in [6.07, 6.45) is 6.30. The molecule has 0 aliphatic carbocycles. The van der Waals surface area contributed by atoms with Crippen molar-refractivity contribution in [3.63, 3.8) is 0 Å². The molecule has 0 spiro atoms. The Morgan fingerprint density at radius 2 is 2.28 bits per heavy atom. The number of rotatable bonds is 4. The molecule has 0 saturated heterocycles. The second-order valence-corrected chi connectivity index (χ2v) is 4.40. The zero-order valence-electron chi connectivity index (χ0n) is 10.6. The minimum absolute atomic E-state index is 0.186. The normalized spacial score (nSPS) is 15.2. The maximum atomic E-state index is 11.6. The zero-order valence-corrected chi connectivity index (χ0v) is 10.6. The Morgan fingerprint density at radius 1 is 1.44 bits per heavy atom. The number of fused-ring (bicyclic) bond motifs is 1. The van der Waals surface area contributed by atoms with Gasteiger partial charge >= 0.3 is 0 Å². The van der Waals surface area contributed by atoms with E-state index in [1.807, 2.05) is 25.3 Å².